The molecule has 0 radical (unpaired) electrons. The van der Waals surface area contributed by atoms with Crippen LogP contribution in [0.5, 0.6) is 0 Å². The molecule has 28 heavy (non-hydrogen) atoms. The number of halogens is 2. The molecule has 0 bridgehead atoms. The van der Waals surface area contributed by atoms with Crippen LogP contribution in [0.3, 0.4) is 0 Å². The first kappa shape index (κ1) is 19.3. The van der Waals surface area contributed by atoms with Crippen LogP contribution in [-0.4, -0.2) is 31.7 Å². The number of benzene rings is 1. The van der Waals surface area contributed by atoms with Gasteiger partial charge in [0.05, 0.1) is 18.4 Å². The molecule has 0 fully saturated rings. The first-order valence-electron chi connectivity index (χ1n) is 8.58. The topological polar surface area (TPSA) is 89.8 Å². The summed E-state index contributed by atoms with van der Waals surface area (Å²) in [4.78, 5) is 32.2. The number of hydrogen-bond donors (Lipinski definition) is 1. The number of hydrogen-bond acceptors (Lipinski definition) is 5. The largest absolute Gasteiger partial charge is 0.346 e. The SMILES string of the molecule is CC[C@H](Cn1nc(-c2ccc(F)c(F)c2)ccc1=O)NC(=O)c1cnccn1. The van der Waals surface area contributed by atoms with Crippen molar-refractivity contribution in [2.75, 3.05) is 0 Å². The summed E-state index contributed by atoms with van der Waals surface area (Å²) in [5, 5.41) is 7.00. The smallest absolute Gasteiger partial charge is 0.271 e. The van der Waals surface area contributed by atoms with Crippen LogP contribution in [0, 0.1) is 11.6 Å². The second kappa shape index (κ2) is 8.47. The maximum atomic E-state index is 13.5. The van der Waals surface area contributed by atoms with E-state index in [9.17, 15) is 18.4 Å². The lowest BCUT2D eigenvalue weighted by molar-refractivity contribution is 0.0925. The first-order valence-corrected chi connectivity index (χ1v) is 8.58. The van der Waals surface area contributed by atoms with Crippen LogP contribution in [-0.2, 0) is 6.54 Å². The summed E-state index contributed by atoms with van der Waals surface area (Å²) in [5.41, 5.74) is 0.438. The monoisotopic (exact) mass is 385 g/mol. The highest BCUT2D eigenvalue weighted by Crippen LogP contribution is 2.18. The van der Waals surface area contributed by atoms with Crippen molar-refractivity contribution >= 4 is 5.91 Å². The fourth-order valence-electron chi connectivity index (χ4n) is 2.55. The number of nitrogens with one attached hydrogen (secondary N) is 1. The molecule has 0 aliphatic heterocycles. The van der Waals surface area contributed by atoms with Crippen LogP contribution in [0.2, 0.25) is 0 Å². The van der Waals surface area contributed by atoms with Gasteiger partial charge in [-0.05, 0) is 30.7 Å². The molecular weight excluding hydrogens is 368 g/mol. The fraction of sp³-hybridized carbons (Fsp3) is 0.211. The van der Waals surface area contributed by atoms with E-state index in [1.807, 2.05) is 6.92 Å². The van der Waals surface area contributed by atoms with Crippen LogP contribution < -0.4 is 10.9 Å². The predicted molar refractivity (Wildman–Crippen MR) is 97.4 cm³/mol. The Labute approximate surface area is 159 Å². The van der Waals surface area contributed by atoms with Gasteiger partial charge in [0.25, 0.3) is 11.5 Å². The second-order valence-electron chi connectivity index (χ2n) is 6.04. The van der Waals surface area contributed by atoms with Crippen LogP contribution in [0.4, 0.5) is 8.78 Å². The van der Waals surface area contributed by atoms with Gasteiger partial charge in [-0.2, -0.15) is 5.10 Å². The normalized spacial score (nSPS) is 11.8. The Morgan fingerprint density at radius 2 is 2.00 bits per heavy atom. The van der Waals surface area contributed by atoms with Crippen molar-refractivity contribution in [1.29, 1.82) is 0 Å². The van der Waals surface area contributed by atoms with Crippen molar-refractivity contribution in [2.24, 2.45) is 0 Å². The lowest BCUT2D eigenvalue weighted by Crippen LogP contribution is -2.40. The van der Waals surface area contributed by atoms with E-state index in [1.54, 1.807) is 0 Å². The summed E-state index contributed by atoms with van der Waals surface area (Å²) >= 11 is 0. The molecule has 0 saturated carbocycles. The maximum Gasteiger partial charge on any atom is 0.271 e. The number of amides is 1. The van der Waals surface area contributed by atoms with Crippen molar-refractivity contribution < 1.29 is 13.6 Å². The molecule has 0 aliphatic carbocycles. The van der Waals surface area contributed by atoms with E-state index >= 15 is 0 Å². The first-order chi connectivity index (χ1) is 13.5. The van der Waals surface area contributed by atoms with E-state index < -0.39 is 17.5 Å². The van der Waals surface area contributed by atoms with Crippen molar-refractivity contribution in [2.45, 2.75) is 25.9 Å². The van der Waals surface area contributed by atoms with Gasteiger partial charge in [0.15, 0.2) is 11.6 Å². The summed E-state index contributed by atoms with van der Waals surface area (Å²) in [5.74, 6) is -2.38. The summed E-state index contributed by atoms with van der Waals surface area (Å²) in [6, 6.07) is 5.73. The highest BCUT2D eigenvalue weighted by molar-refractivity contribution is 5.92. The highest BCUT2D eigenvalue weighted by atomic mass is 19.2. The van der Waals surface area contributed by atoms with Gasteiger partial charge in [0.1, 0.15) is 5.69 Å². The maximum absolute atomic E-state index is 13.5. The van der Waals surface area contributed by atoms with Crippen LogP contribution in [0.15, 0.2) is 53.7 Å². The molecule has 1 aromatic carbocycles. The quantitative estimate of drug-likeness (QED) is 0.703. The Morgan fingerprint density at radius 3 is 2.68 bits per heavy atom. The van der Waals surface area contributed by atoms with Gasteiger partial charge in [-0.3, -0.25) is 14.6 Å². The zero-order valence-corrected chi connectivity index (χ0v) is 15.0. The summed E-state index contributed by atoms with van der Waals surface area (Å²) < 4.78 is 27.8. The molecule has 1 N–H and O–H groups in total. The molecule has 144 valence electrons. The van der Waals surface area contributed by atoms with E-state index in [1.165, 1.54) is 41.5 Å². The van der Waals surface area contributed by atoms with E-state index in [0.717, 1.165) is 12.1 Å². The van der Waals surface area contributed by atoms with Crippen molar-refractivity contribution in [3.8, 4) is 11.3 Å². The summed E-state index contributed by atoms with van der Waals surface area (Å²) in [6.07, 6.45) is 4.75. The second-order valence-corrected chi connectivity index (χ2v) is 6.04. The van der Waals surface area contributed by atoms with E-state index in [2.05, 4.69) is 20.4 Å². The third kappa shape index (κ3) is 4.43. The summed E-state index contributed by atoms with van der Waals surface area (Å²) in [7, 11) is 0. The minimum Gasteiger partial charge on any atom is -0.346 e. The molecule has 3 rings (SSSR count). The highest BCUT2D eigenvalue weighted by Gasteiger charge is 2.16. The Kier molecular flexibility index (Phi) is 5.83. The third-order valence-corrected chi connectivity index (χ3v) is 4.10. The molecule has 0 spiro atoms. The van der Waals surface area contributed by atoms with Gasteiger partial charge in [-0.15, -0.1) is 0 Å². The lowest BCUT2D eigenvalue weighted by atomic mass is 10.1. The van der Waals surface area contributed by atoms with E-state index in [-0.39, 0.29) is 23.8 Å². The molecule has 2 heterocycles. The molecule has 0 aliphatic rings. The van der Waals surface area contributed by atoms with Gasteiger partial charge >= 0.3 is 0 Å². The molecule has 7 nitrogen and oxygen atoms in total. The minimum absolute atomic E-state index is 0.110. The van der Waals surface area contributed by atoms with Crippen LogP contribution in [0.25, 0.3) is 11.3 Å². The average molecular weight is 385 g/mol. The molecule has 1 amide bonds. The van der Waals surface area contributed by atoms with Crippen LogP contribution >= 0.6 is 0 Å². The fourth-order valence-corrected chi connectivity index (χ4v) is 2.55. The van der Waals surface area contributed by atoms with Gasteiger partial charge < -0.3 is 5.32 Å². The van der Waals surface area contributed by atoms with Gasteiger partial charge in [0.2, 0.25) is 0 Å². The van der Waals surface area contributed by atoms with Crippen molar-refractivity contribution in [3.05, 3.63) is 76.6 Å². The molecule has 1 atom stereocenters. The molecule has 0 saturated heterocycles. The minimum atomic E-state index is -1.00. The lowest BCUT2D eigenvalue weighted by Gasteiger charge is -2.17. The Morgan fingerprint density at radius 1 is 1.18 bits per heavy atom. The van der Waals surface area contributed by atoms with E-state index in [0.29, 0.717) is 17.7 Å². The molecule has 2 aromatic heterocycles. The average Bonchev–Trinajstić information content (AvgIpc) is 2.71. The number of aromatic nitrogens is 4. The zero-order chi connectivity index (χ0) is 20.1. The van der Waals surface area contributed by atoms with Crippen molar-refractivity contribution in [1.82, 2.24) is 25.1 Å². The van der Waals surface area contributed by atoms with E-state index in [4.69, 9.17) is 0 Å². The van der Waals surface area contributed by atoms with Gasteiger partial charge in [-0.1, -0.05) is 6.92 Å². The van der Waals surface area contributed by atoms with Crippen molar-refractivity contribution in [3.63, 3.8) is 0 Å². The van der Waals surface area contributed by atoms with Gasteiger partial charge in [0, 0.05) is 30.1 Å². The zero-order valence-electron chi connectivity index (χ0n) is 15.0. The summed E-state index contributed by atoms with van der Waals surface area (Å²) in [6.45, 7) is 1.96. The Hall–Kier alpha value is -3.49. The predicted octanol–water partition coefficient (Wildman–Crippen LogP) is 2.19. The number of rotatable bonds is 6. The van der Waals surface area contributed by atoms with Gasteiger partial charge in [-0.25, -0.2) is 18.4 Å². The van der Waals surface area contributed by atoms with Crippen LogP contribution in [0.1, 0.15) is 23.8 Å². The molecule has 3 aromatic rings. The molecule has 0 unspecified atom stereocenters. The number of carbonyl (C=O) groups excluding carboxylic acids is 1. The standard InChI is InChI=1S/C19H17F2N5O2/c1-2-13(24-19(28)17-10-22-7-8-23-17)11-26-18(27)6-5-16(25-26)12-3-4-14(20)15(21)9-12/h3-10,13H,2,11H2,1H3,(H,24,28)/t13-/m1/s1. The number of carbonyl (C=O) groups is 1. The molecule has 9 heteroatoms. The Bertz CT molecular complexity index is 1040. The number of nitrogens with zero attached hydrogens (tertiary/aromatic N) is 4. The molecular formula is C19H17F2N5O2. The Balaban J connectivity index is 1.81. The third-order valence-electron chi connectivity index (χ3n) is 4.10.